The van der Waals surface area contributed by atoms with Gasteiger partial charge in [-0.05, 0) is 47.2 Å². The Hall–Kier alpha value is -3.92. The van der Waals surface area contributed by atoms with E-state index in [2.05, 4.69) is 46.4 Å². The fourth-order valence-electron chi connectivity index (χ4n) is 3.72. The molecule has 4 aromatic carbocycles. The molecular formula is C24H16N4. The molecule has 0 saturated heterocycles. The maximum atomic E-state index is 4.71. The summed E-state index contributed by atoms with van der Waals surface area (Å²) in [5.41, 5.74) is 6.24. The van der Waals surface area contributed by atoms with Crippen molar-refractivity contribution in [1.29, 1.82) is 0 Å². The fraction of sp³-hybridized carbons (Fsp3) is 0. The second kappa shape index (κ2) is 5.79. The summed E-state index contributed by atoms with van der Waals surface area (Å²) in [5, 5.41) is 2.36. The van der Waals surface area contributed by atoms with Gasteiger partial charge in [0.05, 0.1) is 22.1 Å². The van der Waals surface area contributed by atoms with Gasteiger partial charge in [0.15, 0.2) is 0 Å². The zero-order valence-corrected chi connectivity index (χ0v) is 15.0. The lowest BCUT2D eigenvalue weighted by Gasteiger charge is -2.04. The third kappa shape index (κ3) is 2.39. The maximum absolute atomic E-state index is 4.71. The van der Waals surface area contributed by atoms with Crippen LogP contribution in [0.1, 0.15) is 0 Å². The summed E-state index contributed by atoms with van der Waals surface area (Å²) < 4.78 is 0. The summed E-state index contributed by atoms with van der Waals surface area (Å²) in [7, 11) is 0. The normalized spacial score (nSPS) is 11.6. The van der Waals surface area contributed by atoms with E-state index in [4.69, 9.17) is 9.97 Å². The Balaban J connectivity index is 1.43. The van der Waals surface area contributed by atoms with E-state index in [9.17, 15) is 0 Å². The average molecular weight is 360 g/mol. The van der Waals surface area contributed by atoms with Crippen LogP contribution in [0.4, 0.5) is 0 Å². The first kappa shape index (κ1) is 15.2. The minimum absolute atomic E-state index is 0.893. The first-order valence-corrected chi connectivity index (χ1v) is 9.28. The molecule has 6 rings (SSSR count). The number of para-hydroxylation sites is 4. The van der Waals surface area contributed by atoms with Crippen molar-refractivity contribution < 1.29 is 0 Å². The molecule has 2 heterocycles. The molecular weight excluding hydrogens is 344 g/mol. The number of fused-ring (bicyclic) bond motifs is 3. The van der Waals surface area contributed by atoms with Crippen LogP contribution in [0.5, 0.6) is 0 Å². The van der Waals surface area contributed by atoms with Crippen molar-refractivity contribution in [3.8, 4) is 22.8 Å². The van der Waals surface area contributed by atoms with Crippen molar-refractivity contribution in [2.75, 3.05) is 0 Å². The number of nitrogens with zero attached hydrogens (tertiary/aromatic N) is 2. The van der Waals surface area contributed by atoms with Crippen LogP contribution < -0.4 is 0 Å². The Labute approximate surface area is 160 Å². The molecule has 6 aromatic rings. The molecule has 0 fully saturated rings. The number of hydrogen-bond donors (Lipinski definition) is 2. The number of H-pyrrole nitrogens is 2. The Bertz CT molecular complexity index is 1290. The zero-order valence-electron chi connectivity index (χ0n) is 15.0. The Morgan fingerprint density at radius 2 is 0.964 bits per heavy atom. The lowest BCUT2D eigenvalue weighted by atomic mass is 10.0. The van der Waals surface area contributed by atoms with Crippen LogP contribution in [0.3, 0.4) is 0 Å². The minimum Gasteiger partial charge on any atom is -0.338 e. The van der Waals surface area contributed by atoms with E-state index < -0.39 is 0 Å². The van der Waals surface area contributed by atoms with Gasteiger partial charge in [0.2, 0.25) is 0 Å². The highest BCUT2D eigenvalue weighted by Gasteiger charge is 2.08. The molecule has 28 heavy (non-hydrogen) atoms. The number of rotatable bonds is 2. The molecule has 4 heteroatoms. The van der Waals surface area contributed by atoms with Gasteiger partial charge in [-0.1, -0.05) is 48.5 Å². The van der Waals surface area contributed by atoms with E-state index in [1.54, 1.807) is 0 Å². The summed E-state index contributed by atoms with van der Waals surface area (Å²) in [6.07, 6.45) is 0. The van der Waals surface area contributed by atoms with Crippen LogP contribution in [0.2, 0.25) is 0 Å². The van der Waals surface area contributed by atoms with Crippen LogP contribution in [-0.2, 0) is 0 Å². The molecule has 4 nitrogen and oxygen atoms in total. The topological polar surface area (TPSA) is 57.4 Å². The molecule has 0 amide bonds. The van der Waals surface area contributed by atoms with E-state index in [-0.39, 0.29) is 0 Å². The molecule has 132 valence electrons. The lowest BCUT2D eigenvalue weighted by molar-refractivity contribution is 1.33. The number of nitrogens with one attached hydrogen (secondary N) is 2. The largest absolute Gasteiger partial charge is 0.338 e. The fourth-order valence-corrected chi connectivity index (χ4v) is 3.72. The van der Waals surface area contributed by atoms with E-state index in [1.165, 1.54) is 10.8 Å². The highest BCUT2D eigenvalue weighted by molar-refractivity contribution is 5.91. The van der Waals surface area contributed by atoms with Crippen molar-refractivity contribution in [2.24, 2.45) is 0 Å². The van der Waals surface area contributed by atoms with Crippen molar-refractivity contribution >= 4 is 32.8 Å². The standard InChI is InChI=1S/C24H16N4/c1-2-6-20-19(5-1)25-23(26-20)17-11-9-16-14-18(12-10-15(16)13-17)24-27-21-7-3-4-8-22(21)28-24/h1-14H,(H,25,26)(H,27,28). The van der Waals surface area contributed by atoms with Crippen LogP contribution >= 0.6 is 0 Å². The molecule has 2 N–H and O–H groups in total. The Kier molecular flexibility index (Phi) is 3.14. The molecule has 0 bridgehead atoms. The summed E-state index contributed by atoms with van der Waals surface area (Å²) >= 11 is 0. The quantitative estimate of drug-likeness (QED) is 0.402. The molecule has 0 saturated carbocycles. The first-order valence-electron chi connectivity index (χ1n) is 9.28. The van der Waals surface area contributed by atoms with E-state index in [1.807, 2.05) is 48.5 Å². The molecule has 0 aliphatic carbocycles. The third-order valence-corrected chi connectivity index (χ3v) is 5.17. The predicted molar refractivity (Wildman–Crippen MR) is 114 cm³/mol. The number of aromatic amines is 2. The number of benzene rings is 4. The van der Waals surface area contributed by atoms with Gasteiger partial charge in [-0.2, -0.15) is 0 Å². The zero-order chi connectivity index (χ0) is 18.5. The van der Waals surface area contributed by atoms with Gasteiger partial charge < -0.3 is 9.97 Å². The van der Waals surface area contributed by atoms with E-state index >= 15 is 0 Å². The van der Waals surface area contributed by atoms with Crippen molar-refractivity contribution in [1.82, 2.24) is 19.9 Å². The smallest absolute Gasteiger partial charge is 0.138 e. The van der Waals surface area contributed by atoms with Gasteiger partial charge in [0.1, 0.15) is 11.6 Å². The summed E-state index contributed by atoms with van der Waals surface area (Å²) in [6, 6.07) is 29.1. The van der Waals surface area contributed by atoms with Gasteiger partial charge in [-0.15, -0.1) is 0 Å². The Morgan fingerprint density at radius 3 is 1.43 bits per heavy atom. The second-order valence-corrected chi connectivity index (χ2v) is 6.98. The van der Waals surface area contributed by atoms with Crippen LogP contribution in [0, 0.1) is 0 Å². The predicted octanol–water partition coefficient (Wildman–Crippen LogP) is 5.93. The van der Waals surface area contributed by atoms with Gasteiger partial charge in [-0.25, -0.2) is 9.97 Å². The van der Waals surface area contributed by atoms with Gasteiger partial charge in [0, 0.05) is 11.1 Å². The van der Waals surface area contributed by atoms with E-state index in [0.717, 1.165) is 44.8 Å². The molecule has 0 radical (unpaired) electrons. The van der Waals surface area contributed by atoms with Crippen LogP contribution in [-0.4, -0.2) is 19.9 Å². The second-order valence-electron chi connectivity index (χ2n) is 6.98. The number of imidazole rings is 2. The molecule has 0 atom stereocenters. The maximum Gasteiger partial charge on any atom is 0.138 e. The summed E-state index contributed by atoms with van der Waals surface area (Å²) in [5.74, 6) is 1.79. The highest BCUT2D eigenvalue weighted by atomic mass is 14.9. The van der Waals surface area contributed by atoms with Gasteiger partial charge in [0.25, 0.3) is 0 Å². The molecule has 2 aromatic heterocycles. The summed E-state index contributed by atoms with van der Waals surface area (Å²) in [6.45, 7) is 0. The average Bonchev–Trinajstić information content (AvgIpc) is 3.37. The molecule has 0 aliphatic heterocycles. The van der Waals surface area contributed by atoms with Gasteiger partial charge >= 0.3 is 0 Å². The number of hydrogen-bond acceptors (Lipinski definition) is 2. The molecule has 0 aliphatic rings. The monoisotopic (exact) mass is 360 g/mol. The number of aromatic nitrogens is 4. The molecule has 0 spiro atoms. The van der Waals surface area contributed by atoms with Crippen LogP contribution in [0.25, 0.3) is 55.6 Å². The van der Waals surface area contributed by atoms with Gasteiger partial charge in [-0.3, -0.25) is 0 Å². The summed E-state index contributed by atoms with van der Waals surface area (Å²) in [4.78, 5) is 16.2. The minimum atomic E-state index is 0.893. The van der Waals surface area contributed by atoms with E-state index in [0.29, 0.717) is 0 Å². The van der Waals surface area contributed by atoms with Crippen LogP contribution in [0.15, 0.2) is 84.9 Å². The highest BCUT2D eigenvalue weighted by Crippen LogP contribution is 2.28. The van der Waals surface area contributed by atoms with Crippen molar-refractivity contribution in [2.45, 2.75) is 0 Å². The van der Waals surface area contributed by atoms with Crippen molar-refractivity contribution in [3.05, 3.63) is 84.9 Å². The third-order valence-electron chi connectivity index (χ3n) is 5.17. The lowest BCUT2D eigenvalue weighted by Crippen LogP contribution is -1.84. The Morgan fingerprint density at radius 1 is 0.500 bits per heavy atom. The SMILES string of the molecule is c1ccc2[nH]c(-c3ccc4cc(-c5nc6ccccc6[nH]5)ccc4c3)nc2c1. The molecule has 0 unspecified atom stereocenters. The first-order chi connectivity index (χ1) is 13.8. The van der Waals surface area contributed by atoms with Crippen molar-refractivity contribution in [3.63, 3.8) is 0 Å².